The lowest BCUT2D eigenvalue weighted by atomic mass is 10.0. The van der Waals surface area contributed by atoms with Gasteiger partial charge in [-0.3, -0.25) is 10.8 Å². The molecule has 10 aliphatic heterocycles. The number of allylic oxidation sites excluding steroid dienone is 2. The third-order valence-electron chi connectivity index (χ3n) is 26.2. The average molecular weight is 1960 g/mol. The summed E-state index contributed by atoms with van der Waals surface area (Å²) in [7, 11) is 4.04. The van der Waals surface area contributed by atoms with Crippen LogP contribution in [0.15, 0.2) is 316 Å². The highest BCUT2D eigenvalue weighted by Crippen LogP contribution is 2.42. The Kier molecular flexibility index (Phi) is 26.8. The van der Waals surface area contributed by atoms with Crippen molar-refractivity contribution in [1.82, 2.24) is 38.7 Å². The first-order valence-corrected chi connectivity index (χ1v) is 48.0. The van der Waals surface area contributed by atoms with Crippen molar-refractivity contribution < 1.29 is 23.4 Å². The molecule has 10 aliphatic rings. The number of furan rings is 1. The van der Waals surface area contributed by atoms with Gasteiger partial charge in [-0.1, -0.05) is 238 Å². The molecule has 4 saturated heterocycles. The van der Waals surface area contributed by atoms with Gasteiger partial charge in [0.15, 0.2) is 0 Å². The Bertz CT molecular complexity index is 7520. The second-order valence-corrected chi connectivity index (χ2v) is 37.2. The first-order valence-electron chi connectivity index (χ1n) is 46.1. The van der Waals surface area contributed by atoms with Crippen LogP contribution in [0, 0.1) is 30.5 Å². The number of fused-ring (bicyclic) bond motifs is 12. The maximum Gasteiger partial charge on any atom is 0.416 e. The van der Waals surface area contributed by atoms with E-state index in [2.05, 4.69) is 190 Å². The minimum absolute atomic E-state index is 0. The first-order chi connectivity index (χ1) is 66.1. The number of amidine groups is 4. The third kappa shape index (κ3) is 19.6. The summed E-state index contributed by atoms with van der Waals surface area (Å²) >= 11 is 13.7. The predicted molar refractivity (Wildman–Crippen MR) is 554 cm³/mol. The molecule has 13 heterocycles. The summed E-state index contributed by atoms with van der Waals surface area (Å²) in [4.78, 5) is 39.9. The molecule has 2 N–H and O–H groups in total. The Balaban J connectivity index is 0.000000109. The topological polar surface area (TPSA) is 162 Å². The van der Waals surface area contributed by atoms with E-state index < -0.39 is 11.7 Å². The monoisotopic (exact) mass is 1950 g/mol. The van der Waals surface area contributed by atoms with Gasteiger partial charge in [0.2, 0.25) is 5.71 Å². The first kappa shape index (κ1) is 91.2. The van der Waals surface area contributed by atoms with Crippen molar-refractivity contribution in [2.45, 2.75) is 111 Å². The molecule has 0 radical (unpaired) electrons. The fraction of sp³-hybridized carbons (Fsp3) is 0.204. The van der Waals surface area contributed by atoms with Crippen LogP contribution >= 0.6 is 43.5 Å². The normalized spacial score (nSPS) is 17.2. The molecule has 0 atom stereocenters. The van der Waals surface area contributed by atoms with Gasteiger partial charge in [-0.15, -0.1) is 0 Å². The van der Waals surface area contributed by atoms with Crippen LogP contribution in [0.3, 0.4) is 0 Å². The second kappa shape index (κ2) is 39.9. The Labute approximate surface area is 812 Å². The minimum Gasteiger partial charge on any atom is -0.443 e. The Hall–Kier alpha value is -13.9. The largest absolute Gasteiger partial charge is 0.443 e. The standard InChI is InChI=1S/C20H20ClN3.C20H20N2.C19H15F3N2.C18H16BrN3O.C18H14BrN3.C18H15FN2.H2/c1-23(2)17-8-7-14(18(21)12-17)11-15-9-10-24-13-16-5-3-4-6-19(16)22-20(15)24;1-2-15-7-3-4-8-16(15)13-17-11-12-22-14-18-9-5-6-10-19(18)21-20(17)22;20-19(21,22)16-7-3-1-5-13(16)11-14-9-10-24-12-15-6-2-4-8-17(15)23-18(14)24;1-10-11(2)23-18-15(10)16(20)22-8-7-13(17(22)21-18)9-12-5-3-4-6-14(12)19;19-15-7-3-1-5-12(15)11-13-9-10-22-17(20)14-6-2-4-8-16(14)21-18(13)22;19-16-7-3-1-5-13(16)11-14-9-10-21-12-15-6-2-4-8-17(15)20-18(14)21;/h3-8,11-12H,9-10,13H2,1-2H3;3-10,13H,2,11-12,14H2,1H3;1-8,11H,9-10,12H2;3-6,9,20H,7-8H2,1-2H3;1-8,11,20H,9-10H2;1-8,11H,9-10,12H2;1H/b15-11+;17-13+;14-11+;13-9+,20-16?;13-11+,20-17?;14-11+;. The zero-order valence-corrected chi connectivity index (χ0v) is 80.1. The highest BCUT2D eigenvalue weighted by atomic mass is 79.9. The summed E-state index contributed by atoms with van der Waals surface area (Å²) in [6.45, 7) is 15.1. The van der Waals surface area contributed by atoms with Crippen LogP contribution in [0.1, 0.15) is 137 Å². The van der Waals surface area contributed by atoms with Crippen molar-refractivity contribution >= 4 is 165 Å². The highest BCUT2D eigenvalue weighted by Gasteiger charge is 2.36. The lowest BCUT2D eigenvalue weighted by Gasteiger charge is -2.24. The number of hydrogen-bond acceptors (Lipinski definition) is 14. The van der Waals surface area contributed by atoms with Crippen molar-refractivity contribution in [3.8, 4) is 0 Å². The number of anilines is 1. The van der Waals surface area contributed by atoms with Crippen molar-refractivity contribution in [1.29, 1.82) is 10.8 Å². The Morgan fingerprint density at radius 1 is 0.426 bits per heavy atom. The molecule has 0 saturated carbocycles. The van der Waals surface area contributed by atoms with Gasteiger partial charge in [0.1, 0.15) is 57.5 Å². The Morgan fingerprint density at radius 3 is 1.28 bits per heavy atom. The fourth-order valence-corrected chi connectivity index (χ4v) is 19.9. The molecule has 11 aromatic carbocycles. The van der Waals surface area contributed by atoms with Gasteiger partial charge in [-0.2, -0.15) is 18.2 Å². The molecule has 0 bridgehead atoms. The number of nitrogens with zero attached hydrogens (tertiary/aromatic N) is 13. The number of rotatable bonds is 8. The zero-order chi connectivity index (χ0) is 93.8. The van der Waals surface area contributed by atoms with Gasteiger partial charge >= 0.3 is 6.18 Å². The lowest BCUT2D eigenvalue weighted by molar-refractivity contribution is -0.137. The molecule has 16 nitrogen and oxygen atoms in total. The highest BCUT2D eigenvalue weighted by molar-refractivity contribution is 9.10. The zero-order valence-electron chi connectivity index (χ0n) is 76.2. The quantitative estimate of drug-likeness (QED) is 0.142. The number of para-hydroxylation sites is 5. The predicted octanol–water partition coefficient (Wildman–Crippen LogP) is 27.4. The van der Waals surface area contributed by atoms with Gasteiger partial charge in [-0.25, -0.2) is 29.3 Å². The molecule has 4 fully saturated rings. The molecule has 14 aromatic rings. The Morgan fingerprint density at radius 2 is 0.809 bits per heavy atom. The summed E-state index contributed by atoms with van der Waals surface area (Å²) in [5, 5.41) is 19.5. The molecule has 24 rings (SSSR count). The van der Waals surface area contributed by atoms with Crippen LogP contribution < -0.4 is 15.9 Å². The maximum atomic E-state index is 13.8. The van der Waals surface area contributed by atoms with E-state index in [1.165, 1.54) is 68.6 Å². The molecule has 0 amide bonds. The number of aromatic nitrogens is 4. The summed E-state index contributed by atoms with van der Waals surface area (Å²) < 4.78 is 65.2. The number of hydrogen-bond donors (Lipinski definition) is 2. The van der Waals surface area contributed by atoms with E-state index in [0.717, 1.165) is 248 Å². The van der Waals surface area contributed by atoms with Crippen molar-refractivity contribution in [3.63, 3.8) is 0 Å². The van der Waals surface area contributed by atoms with E-state index in [0.29, 0.717) is 28.7 Å². The van der Waals surface area contributed by atoms with Crippen LogP contribution in [0.5, 0.6) is 0 Å². The SMILES string of the molecule is CCc1ccccc1/C=C1\CCN2Cc3ccccc3N=C12.CN(C)c1ccc(/C=C2\CCN3Cc4ccccc4N=C23)c(Cl)c1.Cc1oc2nc3n(c(=N)c2c1C)CC/C3=C\c1ccccc1Br.FC(F)(F)c1ccccc1/C=C1\CCN2Cc3ccccc3N=C12.Fc1ccccc1/C=C1\CCN2Cc3ccccc3N=C12.N=c1c2ccccc2nc2n1CC/C2=C\c1ccccc1Br.[HH]. The van der Waals surface area contributed by atoms with Gasteiger partial charge in [-0.05, 0) is 257 Å². The molecular formula is C113H102Br2ClF4N15O. The van der Waals surface area contributed by atoms with E-state index in [1.807, 2.05) is 171 Å². The van der Waals surface area contributed by atoms with Crippen LogP contribution in [0.2, 0.25) is 5.02 Å². The summed E-state index contributed by atoms with van der Waals surface area (Å²) in [6.07, 6.45) is 14.6. The van der Waals surface area contributed by atoms with Crippen LogP contribution in [-0.4, -0.2) is 102 Å². The summed E-state index contributed by atoms with van der Waals surface area (Å²) in [6, 6.07) is 84.6. The number of benzene rings is 11. The summed E-state index contributed by atoms with van der Waals surface area (Å²) in [5.41, 5.74) is 27.1. The third-order valence-corrected chi connectivity index (χ3v) is 28.0. The van der Waals surface area contributed by atoms with E-state index in [4.69, 9.17) is 51.8 Å². The molecule has 684 valence electrons. The average Bonchev–Trinajstić information content (AvgIpc) is 1.60. The molecular weight excluding hydrogens is 1850 g/mol. The molecule has 0 unspecified atom stereocenters. The minimum atomic E-state index is -4.35. The molecule has 136 heavy (non-hydrogen) atoms. The number of alkyl halides is 3. The maximum absolute atomic E-state index is 13.8. The summed E-state index contributed by atoms with van der Waals surface area (Å²) in [5.74, 6) is 6.47. The van der Waals surface area contributed by atoms with Crippen LogP contribution in [0.4, 0.5) is 46.0 Å². The van der Waals surface area contributed by atoms with Gasteiger partial charge in [0, 0.05) is 117 Å². The molecule has 23 heteroatoms. The van der Waals surface area contributed by atoms with E-state index in [-0.39, 0.29) is 12.8 Å². The fourth-order valence-electron chi connectivity index (χ4n) is 18.9. The van der Waals surface area contributed by atoms with Crippen LogP contribution in [-0.2, 0) is 51.9 Å². The van der Waals surface area contributed by atoms with Gasteiger partial charge in [0.05, 0.1) is 39.2 Å². The van der Waals surface area contributed by atoms with Crippen molar-refractivity contribution in [2.24, 2.45) is 20.0 Å². The van der Waals surface area contributed by atoms with Crippen molar-refractivity contribution in [3.05, 3.63) is 404 Å². The molecule has 0 aliphatic carbocycles. The smallest absolute Gasteiger partial charge is 0.416 e. The number of halogens is 7. The molecule has 0 spiro atoms. The number of nitrogens with one attached hydrogen (secondary N) is 2. The van der Waals surface area contributed by atoms with Crippen LogP contribution in [0.25, 0.3) is 69.6 Å². The molecule has 3 aromatic heterocycles. The van der Waals surface area contributed by atoms with Crippen molar-refractivity contribution in [2.75, 3.05) is 45.2 Å². The van der Waals surface area contributed by atoms with Gasteiger partial charge < -0.3 is 38.1 Å². The van der Waals surface area contributed by atoms with E-state index in [1.54, 1.807) is 18.2 Å². The number of aliphatic imine (C=N–C) groups is 4. The van der Waals surface area contributed by atoms with E-state index >= 15 is 0 Å². The lowest BCUT2D eigenvalue weighted by Crippen LogP contribution is -2.27. The second-order valence-electron chi connectivity index (χ2n) is 35.1. The van der Waals surface area contributed by atoms with E-state index in [9.17, 15) is 17.6 Å². The number of aryl methyl sites for hydroxylation is 3. The van der Waals surface area contributed by atoms with Gasteiger partial charge in [0.25, 0.3) is 0 Å².